The van der Waals surface area contributed by atoms with Crippen molar-refractivity contribution in [2.75, 3.05) is 16.3 Å². The minimum absolute atomic E-state index is 0.150. The van der Waals surface area contributed by atoms with Crippen LogP contribution in [0.1, 0.15) is 30.4 Å². The van der Waals surface area contributed by atoms with Crippen molar-refractivity contribution in [2.45, 2.75) is 38.0 Å². The molecule has 0 saturated carbocycles. The van der Waals surface area contributed by atoms with Gasteiger partial charge in [-0.2, -0.15) is 13.2 Å². The number of halogens is 4. The lowest BCUT2D eigenvalue weighted by molar-refractivity contribution is -0.137. The lowest BCUT2D eigenvalue weighted by Gasteiger charge is -2.45. The molecule has 1 saturated heterocycles. The number of carbonyl (C=O) groups excluding carboxylic acids is 1. The van der Waals surface area contributed by atoms with E-state index < -0.39 is 11.7 Å². The lowest BCUT2D eigenvalue weighted by atomic mass is 9.95. The van der Waals surface area contributed by atoms with Crippen LogP contribution >= 0.6 is 11.6 Å². The molecule has 0 N–H and O–H groups in total. The minimum atomic E-state index is -4.47. The Morgan fingerprint density at radius 3 is 2.59 bits per heavy atom. The summed E-state index contributed by atoms with van der Waals surface area (Å²) in [6.45, 7) is 0.825. The van der Waals surface area contributed by atoms with Gasteiger partial charge in [-0.3, -0.25) is 4.79 Å². The number of amides is 1. The molecule has 0 unspecified atom stereocenters. The molecule has 2 aromatic rings. The molecule has 7 heteroatoms. The van der Waals surface area contributed by atoms with Gasteiger partial charge in [-0.15, -0.1) is 0 Å². The molecular weight excluding hydrogens is 377 g/mol. The Morgan fingerprint density at radius 1 is 1.07 bits per heavy atom. The molecule has 1 amide bonds. The van der Waals surface area contributed by atoms with Crippen molar-refractivity contribution in [3.8, 4) is 0 Å². The number of piperidine rings is 1. The van der Waals surface area contributed by atoms with E-state index in [1.54, 1.807) is 24.3 Å². The molecule has 2 aliphatic rings. The highest BCUT2D eigenvalue weighted by Crippen LogP contribution is 2.43. The maximum absolute atomic E-state index is 13.3. The number of fused-ring (bicyclic) bond motifs is 3. The summed E-state index contributed by atoms with van der Waals surface area (Å²) in [5.74, 6) is -0.165. The number of hydrogen-bond donors (Lipinski definition) is 0. The van der Waals surface area contributed by atoms with Crippen molar-refractivity contribution >= 4 is 28.9 Å². The summed E-state index contributed by atoms with van der Waals surface area (Å²) in [5.41, 5.74) is 0.932. The van der Waals surface area contributed by atoms with Crippen molar-refractivity contribution in [1.29, 1.82) is 0 Å². The van der Waals surface area contributed by atoms with Crippen molar-refractivity contribution in [2.24, 2.45) is 0 Å². The molecular formula is C20H18ClF3N2O. The van der Waals surface area contributed by atoms with Gasteiger partial charge in [-0.05, 0) is 49.1 Å². The smallest absolute Gasteiger partial charge is 0.358 e. The van der Waals surface area contributed by atoms with E-state index in [0.29, 0.717) is 34.9 Å². The summed E-state index contributed by atoms with van der Waals surface area (Å²) in [7, 11) is 0. The molecule has 0 aliphatic carbocycles. The van der Waals surface area contributed by atoms with Gasteiger partial charge in [0.15, 0.2) is 0 Å². The standard InChI is InChI=1S/C20H18ClF3N2O/c21-15-6-2-1-5-13(15)12-26-18-11-14(20(22,23)24)8-9-16(18)25-10-4-3-7-17(25)19(26)27/h1-2,5-6,8-9,11,17H,3-4,7,10,12H2/t17-/m0/s1. The zero-order valence-electron chi connectivity index (χ0n) is 14.5. The quantitative estimate of drug-likeness (QED) is 0.693. The second-order valence-corrected chi connectivity index (χ2v) is 7.33. The first-order valence-corrected chi connectivity index (χ1v) is 9.27. The van der Waals surface area contributed by atoms with Gasteiger partial charge < -0.3 is 9.80 Å². The molecule has 0 bridgehead atoms. The Hall–Kier alpha value is -2.21. The number of benzene rings is 2. The average molecular weight is 395 g/mol. The fourth-order valence-corrected chi connectivity index (χ4v) is 4.09. The first-order chi connectivity index (χ1) is 12.9. The third-order valence-corrected chi connectivity index (χ3v) is 5.61. The van der Waals surface area contributed by atoms with Crippen LogP contribution in [-0.2, 0) is 17.5 Å². The van der Waals surface area contributed by atoms with Gasteiger partial charge in [-0.1, -0.05) is 29.8 Å². The molecule has 142 valence electrons. The third-order valence-electron chi connectivity index (χ3n) is 5.24. The van der Waals surface area contributed by atoms with Gasteiger partial charge in [0.25, 0.3) is 0 Å². The maximum atomic E-state index is 13.3. The summed E-state index contributed by atoms with van der Waals surface area (Å²) >= 11 is 6.23. The predicted molar refractivity (Wildman–Crippen MR) is 99.1 cm³/mol. The zero-order valence-corrected chi connectivity index (χ0v) is 15.2. The Kier molecular flexibility index (Phi) is 4.54. The highest BCUT2D eigenvalue weighted by Gasteiger charge is 2.41. The van der Waals surface area contributed by atoms with E-state index in [0.717, 1.165) is 25.0 Å². The monoisotopic (exact) mass is 394 g/mol. The summed E-state index contributed by atoms with van der Waals surface area (Å²) in [6.07, 6.45) is -1.90. The highest BCUT2D eigenvalue weighted by molar-refractivity contribution is 6.31. The number of nitrogens with zero attached hydrogens (tertiary/aromatic N) is 2. The average Bonchev–Trinajstić information content (AvgIpc) is 2.65. The van der Waals surface area contributed by atoms with Crippen molar-refractivity contribution < 1.29 is 18.0 Å². The van der Waals surface area contributed by atoms with Gasteiger partial charge in [0.2, 0.25) is 5.91 Å². The minimum Gasteiger partial charge on any atom is -0.358 e. The van der Waals surface area contributed by atoms with Crippen LogP contribution in [0.5, 0.6) is 0 Å². The van der Waals surface area contributed by atoms with Crippen LogP contribution in [0.2, 0.25) is 5.02 Å². The normalized spacial score (nSPS) is 19.7. The lowest BCUT2D eigenvalue weighted by Crippen LogP contribution is -2.55. The van der Waals surface area contributed by atoms with E-state index in [1.165, 1.54) is 11.0 Å². The summed E-state index contributed by atoms with van der Waals surface area (Å²) < 4.78 is 39.8. The van der Waals surface area contributed by atoms with Gasteiger partial charge >= 0.3 is 6.18 Å². The molecule has 2 aromatic carbocycles. The van der Waals surface area contributed by atoms with Gasteiger partial charge in [0, 0.05) is 11.6 Å². The summed E-state index contributed by atoms with van der Waals surface area (Å²) in [4.78, 5) is 16.6. The molecule has 0 aromatic heterocycles. The Morgan fingerprint density at radius 2 is 1.85 bits per heavy atom. The highest BCUT2D eigenvalue weighted by atomic mass is 35.5. The van der Waals surface area contributed by atoms with E-state index in [9.17, 15) is 18.0 Å². The van der Waals surface area contributed by atoms with Gasteiger partial charge in [0.1, 0.15) is 6.04 Å². The Balaban J connectivity index is 1.82. The number of anilines is 2. The topological polar surface area (TPSA) is 23.6 Å². The maximum Gasteiger partial charge on any atom is 0.416 e. The van der Waals surface area contributed by atoms with E-state index in [2.05, 4.69) is 0 Å². The SMILES string of the molecule is O=C1[C@@H]2CCCCN2c2ccc(C(F)(F)F)cc2N1Cc1ccccc1Cl. The number of alkyl halides is 3. The molecule has 0 spiro atoms. The Bertz CT molecular complexity index is 884. The first kappa shape index (κ1) is 18.2. The molecule has 27 heavy (non-hydrogen) atoms. The summed E-state index contributed by atoms with van der Waals surface area (Å²) in [5, 5.41) is 0.491. The van der Waals surface area contributed by atoms with Crippen LogP contribution in [0.15, 0.2) is 42.5 Å². The van der Waals surface area contributed by atoms with Crippen molar-refractivity contribution in [3.63, 3.8) is 0 Å². The van der Waals surface area contributed by atoms with E-state index >= 15 is 0 Å². The molecule has 1 atom stereocenters. The second kappa shape index (κ2) is 6.75. The van der Waals surface area contributed by atoms with Gasteiger partial charge in [-0.25, -0.2) is 0 Å². The fraction of sp³-hybridized carbons (Fsp3) is 0.350. The van der Waals surface area contributed by atoms with E-state index in [-0.39, 0.29) is 18.5 Å². The molecule has 4 rings (SSSR count). The molecule has 2 aliphatic heterocycles. The van der Waals surface area contributed by atoms with Crippen LogP contribution in [-0.4, -0.2) is 18.5 Å². The zero-order chi connectivity index (χ0) is 19.2. The molecule has 0 radical (unpaired) electrons. The van der Waals surface area contributed by atoms with Crippen LogP contribution in [0.3, 0.4) is 0 Å². The molecule has 1 fully saturated rings. The third kappa shape index (κ3) is 3.27. The van der Waals surface area contributed by atoms with E-state index in [1.807, 2.05) is 4.90 Å². The Labute approximate surface area is 160 Å². The van der Waals surface area contributed by atoms with Crippen LogP contribution < -0.4 is 9.80 Å². The van der Waals surface area contributed by atoms with E-state index in [4.69, 9.17) is 11.6 Å². The number of rotatable bonds is 2. The molecule has 2 heterocycles. The number of hydrogen-bond acceptors (Lipinski definition) is 2. The first-order valence-electron chi connectivity index (χ1n) is 8.89. The largest absolute Gasteiger partial charge is 0.416 e. The number of carbonyl (C=O) groups is 1. The van der Waals surface area contributed by atoms with Crippen molar-refractivity contribution in [1.82, 2.24) is 0 Å². The van der Waals surface area contributed by atoms with Crippen LogP contribution in [0.25, 0.3) is 0 Å². The fourth-order valence-electron chi connectivity index (χ4n) is 3.89. The van der Waals surface area contributed by atoms with Crippen LogP contribution in [0, 0.1) is 0 Å². The summed E-state index contributed by atoms with van der Waals surface area (Å²) in [6, 6.07) is 10.4. The van der Waals surface area contributed by atoms with Crippen molar-refractivity contribution in [3.05, 3.63) is 58.6 Å². The predicted octanol–water partition coefficient (Wildman–Crippen LogP) is 5.26. The molecule has 3 nitrogen and oxygen atoms in total. The van der Waals surface area contributed by atoms with Gasteiger partial charge in [0.05, 0.1) is 23.5 Å². The van der Waals surface area contributed by atoms with Crippen LogP contribution in [0.4, 0.5) is 24.5 Å². The second-order valence-electron chi connectivity index (χ2n) is 6.92.